The van der Waals surface area contributed by atoms with Gasteiger partial charge >= 0.3 is 0 Å². The van der Waals surface area contributed by atoms with Crippen LogP contribution in [0.25, 0.3) is 0 Å². The van der Waals surface area contributed by atoms with Crippen molar-refractivity contribution in [3.63, 3.8) is 0 Å². The Morgan fingerprint density at radius 3 is 0.256 bits per heavy atom. The fourth-order valence-electron chi connectivity index (χ4n) is 7.09. The number of hydrogen-bond donors (Lipinski definition) is 0. The molecule has 0 aliphatic carbocycles. The molecule has 64 atom stereocenters. The molecule has 0 aromatic rings. The minimum atomic E-state index is -1.47. The van der Waals surface area contributed by atoms with E-state index in [0.717, 1.165) is 0 Å². The molecule has 0 aliphatic rings. The van der Waals surface area contributed by atoms with Gasteiger partial charge in [0.05, 0.1) is 1.28 Å². The first kappa shape index (κ1) is 165. The molecule has 0 spiro atoms. The zero-order valence-corrected chi connectivity index (χ0v) is 180. The molecule has 117 heavy (non-hydrogen) atoms. The van der Waals surface area contributed by atoms with Crippen molar-refractivity contribution in [1.29, 1.82) is 1.28 Å². The second kappa shape index (κ2) is 92.0. The first-order chi connectivity index (χ1) is 53.6. The SMILES string of the molecule is [2H]P(P(P(P(P(P)P)P(P)P)P(P(P)P(P)P)P(P(P)P)P(P)P)P(P(P(P(P)P)P(P)P)P(P(P)P)P(P)P)P(P(P(P)P)P(P)P)P(P(P)P)P(P)P)P(P(P(P(P(P)P)P(P)P)P(P(P)P)P(P)P)P(P(P(P)P)P(P)P)P(P(P)P)P(P)P)P(P(P(P(P)P)P(P)P)P(P(P)P)P(P)P)P(P(P(P)P)P(P)P)P(P(P)P)P(P)P. The van der Waals surface area contributed by atoms with E-state index in [1.165, 1.54) is 0 Å². The van der Waals surface area contributed by atoms with E-state index in [2.05, 4.69) is 527 Å². The van der Waals surface area contributed by atoms with Gasteiger partial charge in [-0.15, -0.1) is 527 Å². The van der Waals surface area contributed by atoms with Gasteiger partial charge < -0.3 is 0 Å². The summed E-state index contributed by atoms with van der Waals surface area (Å²) < 4.78 is 15.5. The molecule has 0 heterocycles. The summed E-state index contributed by atoms with van der Waals surface area (Å²) in [6.07, 6.45) is 0. The molecular formula is H119P117. The predicted molar refractivity (Wildman–Crippen MR) is 976 cm³/mol. The van der Waals surface area contributed by atoms with E-state index in [9.17, 15) is 0 Å². The Bertz CT molecular complexity index is 2080. The zero-order chi connectivity index (χ0) is 93.5. The van der Waals surface area contributed by atoms with Crippen molar-refractivity contribution >= 4 is 933 Å². The summed E-state index contributed by atoms with van der Waals surface area (Å²) >= 11 is 0. The quantitative estimate of drug-likeness (QED) is 0.0533. The molecular weight excluding hydrogens is 3620 g/mol. The Kier molecular flexibility index (Phi) is 130. The second-order valence-electron chi connectivity index (χ2n) is 18.7. The third kappa shape index (κ3) is 59.7. The average Bonchev–Trinajstić information content (AvgIpc) is 0.714. The molecule has 0 aromatic heterocycles. The van der Waals surface area contributed by atoms with Crippen molar-refractivity contribution in [2.24, 2.45) is 0 Å². The lowest BCUT2D eigenvalue weighted by atomic mass is 28.4. The monoisotopic (exact) mass is 3740 g/mol. The number of rotatable bonds is 57. The van der Waals surface area contributed by atoms with Gasteiger partial charge in [0.15, 0.2) is 0 Å². The molecule has 0 nitrogen and oxygen atoms in total. The van der Waals surface area contributed by atoms with Gasteiger partial charge in [0.1, 0.15) is 0 Å². The third-order valence-electron chi connectivity index (χ3n) is 10.4. The lowest BCUT2D eigenvalue weighted by Crippen LogP contribution is -1.74. The minimum Gasteiger partial charge on any atom is -0.102 e. The van der Waals surface area contributed by atoms with E-state index in [1.54, 1.807) is 0 Å². The summed E-state index contributed by atoms with van der Waals surface area (Å²) in [6.45, 7) is -33.4. The van der Waals surface area contributed by atoms with Crippen molar-refractivity contribution in [2.75, 3.05) is 0 Å². The van der Waals surface area contributed by atoms with E-state index in [-0.39, 0.29) is 0 Å². The van der Waals surface area contributed by atoms with Crippen molar-refractivity contribution in [3.05, 3.63) is 0 Å². The topological polar surface area (TPSA) is 0 Å². The Labute approximate surface area is 918 Å². The summed E-state index contributed by atoms with van der Waals surface area (Å²) in [7, 11) is 223. The van der Waals surface area contributed by atoms with E-state index in [4.69, 9.17) is 0 Å². The molecule has 0 aliphatic heterocycles. The van der Waals surface area contributed by atoms with Gasteiger partial charge in [0.25, 0.3) is 0 Å². The largest absolute Gasteiger partial charge is 0.102 e. The molecule has 0 bridgehead atoms. The van der Waals surface area contributed by atoms with Crippen LogP contribution in [0.4, 0.5) is 0 Å². The highest BCUT2D eigenvalue weighted by atomic mass is 33.6. The smallest absolute Gasteiger partial charge is 0.0690 e. The van der Waals surface area contributed by atoms with E-state index in [1.807, 2.05) is 0 Å². The van der Waals surface area contributed by atoms with Gasteiger partial charge in [-0.2, -0.15) is 0 Å². The maximum Gasteiger partial charge on any atom is 0.0690 e. The van der Waals surface area contributed by atoms with Crippen LogP contribution in [-0.4, -0.2) is 1.28 Å². The van der Waals surface area contributed by atoms with E-state index in [0.29, 0.717) is 0 Å². The molecule has 0 radical (unpaired) electrons. The molecule has 64 unspecified atom stereocenters. The van der Waals surface area contributed by atoms with Gasteiger partial charge in [-0.05, 0) is 406 Å². The van der Waals surface area contributed by atoms with Crippen LogP contribution < -0.4 is 0 Å². The van der Waals surface area contributed by atoms with Crippen molar-refractivity contribution in [3.8, 4) is 0 Å². The maximum atomic E-state index is 15.5. The van der Waals surface area contributed by atoms with E-state index >= 15 is 1.28 Å². The lowest BCUT2D eigenvalue weighted by Gasteiger charge is -2.62. The average molecular weight is 3740 g/mol. The Balaban J connectivity index is 15.6. The molecule has 0 saturated carbocycles. The highest BCUT2D eigenvalue weighted by Crippen LogP contribution is 3.53. The molecule has 117 heteroatoms. The van der Waals surface area contributed by atoms with Crippen LogP contribution in [0.15, 0.2) is 0 Å². The van der Waals surface area contributed by atoms with Crippen LogP contribution in [-0.2, 0) is 0 Å². The van der Waals surface area contributed by atoms with Crippen molar-refractivity contribution in [1.82, 2.24) is 0 Å². The summed E-state index contributed by atoms with van der Waals surface area (Å²) in [5.41, 5.74) is 0. The van der Waals surface area contributed by atoms with Crippen LogP contribution >= 0.6 is 933 Å². The summed E-state index contributed by atoms with van der Waals surface area (Å²) in [5.74, 6) is 0. The first-order valence-electron chi connectivity index (χ1n) is 27.1. The molecule has 0 N–H and O–H groups in total. The van der Waals surface area contributed by atoms with Gasteiger partial charge in [-0.25, -0.2) is 0 Å². The summed E-state index contributed by atoms with van der Waals surface area (Å²) in [4.78, 5) is 0. The molecule has 0 rings (SSSR count). The fraction of sp³-hybridized carbons (Fsp3) is 0. The predicted octanol–water partition coefficient (Wildman–Crippen LogP) is 68.9. The number of hydrogen-bond acceptors (Lipinski definition) is 0. The fourth-order valence-corrected chi connectivity index (χ4v) is 1720. The molecule has 0 aromatic carbocycles. The summed E-state index contributed by atoms with van der Waals surface area (Å²) in [5, 5.41) is 0. The first-order valence-corrected chi connectivity index (χ1v) is 240. The molecule has 704 valence electrons. The highest BCUT2D eigenvalue weighted by molar-refractivity contribution is 9.59. The van der Waals surface area contributed by atoms with Crippen LogP contribution in [0, 0.1) is 0 Å². The van der Waals surface area contributed by atoms with Gasteiger partial charge in [-0.1, -0.05) is 0 Å². The van der Waals surface area contributed by atoms with Gasteiger partial charge in [0, 0.05) is 0 Å². The molecule has 0 fully saturated rings. The zero-order valence-electron chi connectivity index (χ0n) is 61.0. The highest BCUT2D eigenvalue weighted by Gasteiger charge is 2.66. The normalized spacial score (nSPS) is 16.1. The lowest BCUT2D eigenvalue weighted by molar-refractivity contribution is 4.32. The minimum absolute atomic E-state index is 0.496. The second-order valence-corrected chi connectivity index (χ2v) is 504. The van der Waals surface area contributed by atoms with E-state index < -0.39 is 406 Å². The molecule has 0 saturated heterocycles. The van der Waals surface area contributed by atoms with Crippen LogP contribution in [0.1, 0.15) is 0 Å². The van der Waals surface area contributed by atoms with Crippen LogP contribution in [0.3, 0.4) is 0 Å². The van der Waals surface area contributed by atoms with Gasteiger partial charge in [0.2, 0.25) is 0 Å². The van der Waals surface area contributed by atoms with Crippen LogP contribution in [0.2, 0.25) is 0 Å². The summed E-state index contributed by atoms with van der Waals surface area (Å²) in [6, 6.07) is 0. The Hall–Kier alpha value is 50.3. The Morgan fingerprint density at radius 2 is 0.171 bits per heavy atom. The van der Waals surface area contributed by atoms with Crippen molar-refractivity contribution < 1.29 is 0 Å². The Morgan fingerprint density at radius 1 is 0.0940 bits per heavy atom. The van der Waals surface area contributed by atoms with Crippen molar-refractivity contribution in [2.45, 2.75) is 0 Å². The molecule has 0 amide bonds. The maximum absolute atomic E-state index is 15.5. The van der Waals surface area contributed by atoms with Crippen LogP contribution in [0.5, 0.6) is 0 Å². The third-order valence-corrected chi connectivity index (χ3v) is 839. The van der Waals surface area contributed by atoms with Gasteiger partial charge in [-0.3, -0.25) is 0 Å². The standard InChI is InChI=1S/H119P117/c1-61(2)90(59)107(93(62(3)4)63(5)6)108(94(64(7)8)65(9)10)91(109(112(95(66(11)12)67(13)14)96(68(15)16)69(17)18)113(97(70(19)20)71(21)22)98(72(23)24)73(25)26)60-92(110(114(99(74(27)28)75(29)30)100(76(31)32)77(33)34)115(101(78(35)36)79(37)38)102(80(39)40)81(41)42)111(116(103(82(43)44)83(45)46)104(84(47)48)85(49)50)117(105(86(51)52)87(53)54)106(88(55)56)89(57)58/h60H,1-59H2/i60D.